The molecule has 1 atom stereocenters. The van der Waals surface area contributed by atoms with Gasteiger partial charge in [0.2, 0.25) is 5.91 Å². The Morgan fingerprint density at radius 1 is 1.24 bits per heavy atom. The number of carbonyl (C=O) groups excluding carboxylic acids is 2. The van der Waals surface area contributed by atoms with Gasteiger partial charge < -0.3 is 25.6 Å². The number of alkyl carbamates (subject to hydrolysis) is 1. The highest BCUT2D eigenvalue weighted by Crippen LogP contribution is 2.09. The summed E-state index contributed by atoms with van der Waals surface area (Å²) in [4.78, 5) is 30.2. The summed E-state index contributed by atoms with van der Waals surface area (Å²) in [6, 6.07) is 0.0698. The number of guanidine groups is 1. The summed E-state index contributed by atoms with van der Waals surface area (Å²) in [5, 5.41) is 9.55. The molecule has 0 aromatic heterocycles. The molecule has 1 aliphatic rings. The maximum Gasteiger partial charge on any atom is 0.407 e. The summed E-state index contributed by atoms with van der Waals surface area (Å²) in [5.74, 6) is 0.999. The Morgan fingerprint density at radius 2 is 2.00 bits per heavy atom. The van der Waals surface area contributed by atoms with Gasteiger partial charge in [-0.25, -0.2) is 4.79 Å². The topological polar surface area (TPSA) is 95.1 Å². The van der Waals surface area contributed by atoms with E-state index >= 15 is 0 Å². The van der Waals surface area contributed by atoms with E-state index in [1.54, 1.807) is 0 Å². The molecule has 0 bridgehead atoms. The standard InChI is InChI=1S/C21H41N5O3/c1-6-8-11-17(16-24-20(28)29-21(3,4)5)25-19(22-7-2)23-13-10-15-26-14-9-12-18(26)27/h17H,6-16H2,1-5H3,(H,24,28)(H2,22,23,25). The van der Waals surface area contributed by atoms with E-state index < -0.39 is 11.7 Å². The molecular weight excluding hydrogens is 370 g/mol. The van der Waals surface area contributed by atoms with Crippen LogP contribution in [-0.4, -0.2) is 67.2 Å². The molecule has 29 heavy (non-hydrogen) atoms. The Labute approximate surface area is 176 Å². The van der Waals surface area contributed by atoms with Crippen LogP contribution in [-0.2, 0) is 9.53 Å². The van der Waals surface area contributed by atoms with Gasteiger partial charge in [-0.2, -0.15) is 0 Å². The molecular formula is C21H41N5O3. The smallest absolute Gasteiger partial charge is 0.407 e. The molecule has 0 radical (unpaired) electrons. The van der Waals surface area contributed by atoms with Crippen molar-refractivity contribution in [1.29, 1.82) is 0 Å². The zero-order valence-electron chi connectivity index (χ0n) is 19.0. The first-order valence-corrected chi connectivity index (χ1v) is 11.0. The van der Waals surface area contributed by atoms with Crippen molar-refractivity contribution in [2.45, 2.75) is 84.8 Å². The van der Waals surface area contributed by atoms with Gasteiger partial charge in [0.25, 0.3) is 0 Å². The molecule has 0 aliphatic carbocycles. The number of nitrogens with zero attached hydrogens (tertiary/aromatic N) is 2. The van der Waals surface area contributed by atoms with Crippen LogP contribution in [0.5, 0.6) is 0 Å². The highest BCUT2D eigenvalue weighted by atomic mass is 16.6. The van der Waals surface area contributed by atoms with E-state index in [1.165, 1.54) is 0 Å². The maximum atomic E-state index is 12.0. The van der Waals surface area contributed by atoms with Gasteiger partial charge in [-0.15, -0.1) is 0 Å². The third-order valence-electron chi connectivity index (χ3n) is 4.51. The number of nitrogens with one attached hydrogen (secondary N) is 3. The first kappa shape index (κ1) is 25.0. The molecule has 1 saturated heterocycles. The Morgan fingerprint density at radius 3 is 2.59 bits per heavy atom. The zero-order valence-corrected chi connectivity index (χ0v) is 19.0. The minimum atomic E-state index is -0.510. The molecule has 168 valence electrons. The van der Waals surface area contributed by atoms with Crippen molar-refractivity contribution in [3.63, 3.8) is 0 Å². The van der Waals surface area contributed by atoms with Gasteiger partial charge in [0.05, 0.1) is 0 Å². The van der Waals surface area contributed by atoms with E-state index in [0.29, 0.717) is 19.5 Å². The van der Waals surface area contributed by atoms with E-state index in [1.807, 2.05) is 32.6 Å². The molecule has 0 saturated carbocycles. The third kappa shape index (κ3) is 11.6. The first-order valence-electron chi connectivity index (χ1n) is 11.0. The molecule has 8 heteroatoms. The molecule has 0 spiro atoms. The second-order valence-electron chi connectivity index (χ2n) is 8.46. The number of hydrogen-bond donors (Lipinski definition) is 3. The number of aliphatic imine (C=N–C) groups is 1. The first-order chi connectivity index (χ1) is 13.7. The molecule has 0 aromatic carbocycles. The zero-order chi connectivity index (χ0) is 21.7. The molecule has 0 aromatic rings. The largest absolute Gasteiger partial charge is 0.444 e. The molecule has 1 rings (SSSR count). The fourth-order valence-corrected chi connectivity index (χ4v) is 3.10. The van der Waals surface area contributed by atoms with Gasteiger partial charge in [-0.05, 0) is 47.0 Å². The van der Waals surface area contributed by atoms with Crippen molar-refractivity contribution >= 4 is 18.0 Å². The lowest BCUT2D eigenvalue weighted by molar-refractivity contribution is -0.127. The Kier molecular flexibility index (Phi) is 11.5. The van der Waals surface area contributed by atoms with Crippen LogP contribution in [0.1, 0.15) is 73.1 Å². The van der Waals surface area contributed by atoms with Crippen LogP contribution in [0.2, 0.25) is 0 Å². The van der Waals surface area contributed by atoms with Crippen LogP contribution in [0.4, 0.5) is 4.79 Å². The van der Waals surface area contributed by atoms with Gasteiger partial charge in [0.1, 0.15) is 5.60 Å². The second-order valence-corrected chi connectivity index (χ2v) is 8.46. The van der Waals surface area contributed by atoms with Gasteiger partial charge in [-0.1, -0.05) is 19.8 Å². The quantitative estimate of drug-likeness (QED) is 0.276. The van der Waals surface area contributed by atoms with Gasteiger partial charge in [0, 0.05) is 45.2 Å². The van der Waals surface area contributed by atoms with Crippen molar-refractivity contribution < 1.29 is 14.3 Å². The summed E-state index contributed by atoms with van der Waals surface area (Å²) < 4.78 is 5.33. The van der Waals surface area contributed by atoms with E-state index in [9.17, 15) is 9.59 Å². The van der Waals surface area contributed by atoms with E-state index in [2.05, 4.69) is 27.9 Å². The SMILES string of the molecule is CCCCC(CNC(=O)OC(C)(C)C)NC(=NCCCN1CCCC1=O)NCC. The van der Waals surface area contributed by atoms with Crippen molar-refractivity contribution in [3.8, 4) is 0 Å². The van der Waals surface area contributed by atoms with Crippen LogP contribution >= 0.6 is 0 Å². The lowest BCUT2D eigenvalue weighted by Gasteiger charge is -2.24. The molecule has 2 amide bonds. The van der Waals surface area contributed by atoms with Crippen molar-refractivity contribution in [1.82, 2.24) is 20.9 Å². The average molecular weight is 412 g/mol. The predicted octanol–water partition coefficient (Wildman–Crippen LogP) is 2.64. The van der Waals surface area contributed by atoms with E-state index in [0.717, 1.165) is 57.7 Å². The van der Waals surface area contributed by atoms with Crippen LogP contribution in [0.3, 0.4) is 0 Å². The fraction of sp³-hybridized carbons (Fsp3) is 0.857. The highest BCUT2D eigenvalue weighted by Gasteiger charge is 2.19. The summed E-state index contributed by atoms with van der Waals surface area (Å²) in [5.41, 5.74) is -0.510. The number of ether oxygens (including phenoxy) is 1. The van der Waals surface area contributed by atoms with Crippen LogP contribution in [0, 0.1) is 0 Å². The second kappa shape index (κ2) is 13.3. The van der Waals surface area contributed by atoms with Crippen LogP contribution < -0.4 is 16.0 Å². The molecule has 1 aliphatic heterocycles. The number of hydrogen-bond acceptors (Lipinski definition) is 4. The van der Waals surface area contributed by atoms with E-state index in [-0.39, 0.29) is 11.9 Å². The average Bonchev–Trinajstić information content (AvgIpc) is 3.04. The van der Waals surface area contributed by atoms with Crippen molar-refractivity contribution in [2.75, 3.05) is 32.7 Å². The summed E-state index contributed by atoms with van der Waals surface area (Å²) >= 11 is 0. The number of rotatable bonds is 11. The van der Waals surface area contributed by atoms with Crippen LogP contribution in [0.25, 0.3) is 0 Å². The molecule has 1 fully saturated rings. The number of likely N-dealkylation sites (tertiary alicyclic amines) is 1. The minimum absolute atomic E-state index is 0.0698. The summed E-state index contributed by atoms with van der Waals surface area (Å²) in [6.45, 7) is 13.3. The normalized spacial score (nSPS) is 16.0. The van der Waals surface area contributed by atoms with Gasteiger partial charge >= 0.3 is 6.09 Å². The Hall–Kier alpha value is -1.99. The maximum absolute atomic E-state index is 12.0. The lowest BCUT2D eigenvalue weighted by Crippen LogP contribution is -2.49. The summed E-state index contributed by atoms with van der Waals surface area (Å²) in [7, 11) is 0. The number of carbonyl (C=O) groups is 2. The monoisotopic (exact) mass is 411 g/mol. The molecule has 3 N–H and O–H groups in total. The highest BCUT2D eigenvalue weighted by molar-refractivity contribution is 5.80. The molecule has 1 unspecified atom stereocenters. The van der Waals surface area contributed by atoms with Crippen molar-refractivity contribution in [2.24, 2.45) is 4.99 Å². The fourth-order valence-electron chi connectivity index (χ4n) is 3.10. The van der Waals surface area contributed by atoms with Crippen molar-refractivity contribution in [3.05, 3.63) is 0 Å². The number of unbranched alkanes of at least 4 members (excludes halogenated alkanes) is 1. The van der Waals surface area contributed by atoms with Crippen LogP contribution in [0.15, 0.2) is 4.99 Å². The number of amides is 2. The minimum Gasteiger partial charge on any atom is -0.444 e. The van der Waals surface area contributed by atoms with Gasteiger partial charge in [0.15, 0.2) is 5.96 Å². The lowest BCUT2D eigenvalue weighted by atomic mass is 10.1. The Bertz CT molecular complexity index is 531. The summed E-state index contributed by atoms with van der Waals surface area (Å²) in [6.07, 6.45) is 5.16. The van der Waals surface area contributed by atoms with Gasteiger partial charge in [-0.3, -0.25) is 9.79 Å². The Balaban J connectivity index is 2.53. The predicted molar refractivity (Wildman–Crippen MR) is 117 cm³/mol. The third-order valence-corrected chi connectivity index (χ3v) is 4.51. The molecule has 8 nitrogen and oxygen atoms in total. The molecule has 1 heterocycles. The van der Waals surface area contributed by atoms with E-state index in [4.69, 9.17) is 4.74 Å².